The Bertz CT molecular complexity index is 1020. The molecule has 1 aliphatic carbocycles. The van der Waals surface area contributed by atoms with Crippen LogP contribution < -0.4 is 9.47 Å². The lowest BCUT2D eigenvalue weighted by molar-refractivity contribution is 0.0730. The van der Waals surface area contributed by atoms with E-state index in [-0.39, 0.29) is 11.9 Å². The minimum Gasteiger partial charge on any atom is -0.490 e. The number of nitrogens with zero attached hydrogens (tertiary/aromatic N) is 2. The minimum absolute atomic E-state index is 0.0154. The van der Waals surface area contributed by atoms with Gasteiger partial charge in [0.25, 0.3) is 5.91 Å². The van der Waals surface area contributed by atoms with Gasteiger partial charge in [0, 0.05) is 25.0 Å². The van der Waals surface area contributed by atoms with E-state index in [9.17, 15) is 4.79 Å². The molecule has 0 aliphatic heterocycles. The number of fused-ring (bicyclic) bond motifs is 1. The zero-order valence-corrected chi connectivity index (χ0v) is 17.4. The molecule has 1 atom stereocenters. The number of aryl methyl sites for hydroxylation is 1. The highest BCUT2D eigenvalue weighted by Gasteiger charge is 2.29. The van der Waals surface area contributed by atoms with Crippen molar-refractivity contribution >= 4 is 5.91 Å². The highest BCUT2D eigenvalue weighted by molar-refractivity contribution is 5.95. The molecule has 3 aromatic rings. The molecule has 0 N–H and O–H groups in total. The van der Waals surface area contributed by atoms with Crippen LogP contribution in [-0.2, 0) is 13.0 Å². The summed E-state index contributed by atoms with van der Waals surface area (Å²) in [7, 11) is 1.88. The number of carbonyl (C=O) groups is 1. The Morgan fingerprint density at radius 2 is 1.87 bits per heavy atom. The van der Waals surface area contributed by atoms with Crippen molar-refractivity contribution in [1.82, 2.24) is 9.88 Å². The van der Waals surface area contributed by atoms with E-state index in [1.54, 1.807) is 18.5 Å². The fourth-order valence-electron chi connectivity index (χ4n) is 3.95. The van der Waals surface area contributed by atoms with Crippen LogP contribution in [0.3, 0.4) is 0 Å². The third-order valence-corrected chi connectivity index (χ3v) is 5.52. The average molecular weight is 402 g/mol. The molecule has 0 bridgehead atoms. The van der Waals surface area contributed by atoms with E-state index in [1.165, 1.54) is 11.1 Å². The smallest absolute Gasteiger partial charge is 0.254 e. The Morgan fingerprint density at radius 1 is 1.07 bits per heavy atom. The van der Waals surface area contributed by atoms with Gasteiger partial charge >= 0.3 is 0 Å². The van der Waals surface area contributed by atoms with Crippen molar-refractivity contribution in [2.24, 2.45) is 0 Å². The summed E-state index contributed by atoms with van der Waals surface area (Å²) < 4.78 is 11.7. The van der Waals surface area contributed by atoms with Crippen LogP contribution in [0.25, 0.3) is 0 Å². The van der Waals surface area contributed by atoms with Crippen LogP contribution in [-0.4, -0.2) is 29.4 Å². The van der Waals surface area contributed by atoms with Gasteiger partial charge in [0.15, 0.2) is 11.5 Å². The van der Waals surface area contributed by atoms with Crippen LogP contribution in [0.1, 0.15) is 46.4 Å². The lowest BCUT2D eigenvalue weighted by Gasteiger charge is -2.26. The molecule has 0 unspecified atom stereocenters. The number of hydrogen-bond acceptors (Lipinski definition) is 4. The molecule has 0 saturated carbocycles. The third-order valence-electron chi connectivity index (χ3n) is 5.52. The maximum atomic E-state index is 13.2. The zero-order valence-electron chi connectivity index (χ0n) is 17.4. The summed E-state index contributed by atoms with van der Waals surface area (Å²) in [5.74, 6) is 1.19. The number of benzene rings is 2. The highest BCUT2D eigenvalue weighted by atomic mass is 16.5. The molecule has 1 aliphatic rings. The fourth-order valence-corrected chi connectivity index (χ4v) is 3.95. The summed E-state index contributed by atoms with van der Waals surface area (Å²) in [4.78, 5) is 19.1. The van der Waals surface area contributed by atoms with Crippen molar-refractivity contribution in [1.29, 1.82) is 0 Å². The number of pyridine rings is 1. The van der Waals surface area contributed by atoms with Gasteiger partial charge in [-0.25, -0.2) is 0 Å². The third kappa shape index (κ3) is 4.15. The highest BCUT2D eigenvalue weighted by Crippen LogP contribution is 2.36. The lowest BCUT2D eigenvalue weighted by atomic mass is 10.1. The SMILES string of the molecule is CCOc1cc(C(=O)N(C)[C@H]2CCc3ccccc32)ccc1OCc1ccncc1. The number of ether oxygens (including phenoxy) is 2. The van der Waals surface area contributed by atoms with E-state index in [2.05, 4.69) is 23.2 Å². The molecule has 1 amide bonds. The largest absolute Gasteiger partial charge is 0.490 e. The predicted octanol–water partition coefficient (Wildman–Crippen LogP) is 4.82. The summed E-state index contributed by atoms with van der Waals surface area (Å²) in [6.45, 7) is 2.83. The van der Waals surface area contributed by atoms with Crippen molar-refractivity contribution in [3.05, 3.63) is 89.2 Å². The van der Waals surface area contributed by atoms with Crippen LogP contribution in [0.4, 0.5) is 0 Å². The van der Waals surface area contributed by atoms with Gasteiger partial charge in [-0.3, -0.25) is 9.78 Å². The fraction of sp³-hybridized carbons (Fsp3) is 0.280. The Kier molecular flexibility index (Phi) is 5.98. The Hall–Kier alpha value is -3.34. The number of rotatable bonds is 7. The van der Waals surface area contributed by atoms with E-state index in [0.717, 1.165) is 18.4 Å². The van der Waals surface area contributed by atoms with Crippen LogP contribution >= 0.6 is 0 Å². The van der Waals surface area contributed by atoms with E-state index in [1.807, 2.05) is 49.2 Å². The van der Waals surface area contributed by atoms with Gasteiger partial charge in [0.2, 0.25) is 0 Å². The first kappa shape index (κ1) is 20.0. The van der Waals surface area contributed by atoms with Crippen LogP contribution in [0.5, 0.6) is 11.5 Å². The van der Waals surface area contributed by atoms with Crippen molar-refractivity contribution in [2.75, 3.05) is 13.7 Å². The number of hydrogen-bond donors (Lipinski definition) is 0. The topological polar surface area (TPSA) is 51.7 Å². The minimum atomic E-state index is -0.0154. The second-order valence-electron chi connectivity index (χ2n) is 7.41. The Balaban J connectivity index is 1.52. The first-order valence-corrected chi connectivity index (χ1v) is 10.3. The Labute approximate surface area is 177 Å². The Morgan fingerprint density at radius 3 is 2.67 bits per heavy atom. The predicted molar refractivity (Wildman–Crippen MR) is 116 cm³/mol. The van der Waals surface area contributed by atoms with Crippen molar-refractivity contribution in [3.8, 4) is 11.5 Å². The van der Waals surface area contributed by atoms with Crippen molar-refractivity contribution < 1.29 is 14.3 Å². The van der Waals surface area contributed by atoms with E-state index in [4.69, 9.17) is 9.47 Å². The van der Waals surface area contributed by atoms with Crippen molar-refractivity contribution in [2.45, 2.75) is 32.4 Å². The second-order valence-corrected chi connectivity index (χ2v) is 7.41. The molecule has 30 heavy (non-hydrogen) atoms. The summed E-state index contributed by atoms with van der Waals surface area (Å²) in [5.41, 5.74) is 4.20. The van der Waals surface area contributed by atoms with Gasteiger partial charge in [-0.15, -0.1) is 0 Å². The standard InChI is InChI=1S/C25H26N2O3/c1-3-29-24-16-20(9-11-23(24)30-17-18-12-14-26-15-13-18)25(28)27(2)22-10-8-19-6-4-5-7-21(19)22/h4-7,9,11-16,22H,3,8,10,17H2,1-2H3/t22-/m0/s1. The lowest BCUT2D eigenvalue weighted by Crippen LogP contribution is -2.30. The first-order chi connectivity index (χ1) is 14.7. The molecular weight excluding hydrogens is 376 g/mol. The molecule has 4 rings (SSSR count). The van der Waals surface area contributed by atoms with Gasteiger partial charge in [0.05, 0.1) is 12.6 Å². The molecule has 2 aromatic carbocycles. The first-order valence-electron chi connectivity index (χ1n) is 10.3. The van der Waals surface area contributed by atoms with Gasteiger partial charge < -0.3 is 14.4 Å². The summed E-state index contributed by atoms with van der Waals surface area (Å²) >= 11 is 0. The molecule has 0 radical (unpaired) electrons. The second kappa shape index (κ2) is 8.99. The van der Waals surface area contributed by atoms with Crippen LogP contribution in [0.2, 0.25) is 0 Å². The molecule has 154 valence electrons. The maximum absolute atomic E-state index is 13.2. The molecule has 1 heterocycles. The van der Waals surface area contributed by atoms with Crippen LogP contribution in [0, 0.1) is 0 Å². The molecule has 0 saturated heterocycles. The molecule has 5 nitrogen and oxygen atoms in total. The normalized spacial score (nSPS) is 14.8. The molecular formula is C25H26N2O3. The van der Waals surface area contributed by atoms with Crippen molar-refractivity contribution in [3.63, 3.8) is 0 Å². The summed E-state index contributed by atoms with van der Waals surface area (Å²) in [6, 6.07) is 17.7. The van der Waals surface area contributed by atoms with E-state index < -0.39 is 0 Å². The number of carbonyl (C=O) groups excluding carboxylic acids is 1. The van der Waals surface area contributed by atoms with Gasteiger partial charge in [-0.1, -0.05) is 24.3 Å². The number of amides is 1. The van der Waals surface area contributed by atoms with E-state index >= 15 is 0 Å². The monoisotopic (exact) mass is 402 g/mol. The molecule has 5 heteroatoms. The molecule has 0 spiro atoms. The zero-order chi connectivity index (χ0) is 20.9. The average Bonchev–Trinajstić information content (AvgIpc) is 3.22. The quantitative estimate of drug-likeness (QED) is 0.569. The van der Waals surface area contributed by atoms with Gasteiger partial charge in [0.1, 0.15) is 6.61 Å². The van der Waals surface area contributed by atoms with Gasteiger partial charge in [-0.2, -0.15) is 0 Å². The van der Waals surface area contributed by atoms with Crippen LogP contribution in [0.15, 0.2) is 67.0 Å². The van der Waals surface area contributed by atoms with E-state index in [0.29, 0.717) is 30.3 Å². The number of aromatic nitrogens is 1. The maximum Gasteiger partial charge on any atom is 0.254 e. The summed E-state index contributed by atoms with van der Waals surface area (Å²) in [5, 5.41) is 0. The molecule has 1 aromatic heterocycles. The molecule has 0 fully saturated rings. The van der Waals surface area contributed by atoms with Gasteiger partial charge in [-0.05, 0) is 66.8 Å². The summed E-state index contributed by atoms with van der Waals surface area (Å²) in [6.07, 6.45) is 5.43.